The van der Waals surface area contributed by atoms with Crippen LogP contribution in [-0.2, 0) is 6.54 Å². The quantitative estimate of drug-likeness (QED) is 0.799. The minimum atomic E-state index is 0.292. The lowest BCUT2D eigenvalue weighted by Crippen LogP contribution is -2.31. The van der Waals surface area contributed by atoms with Gasteiger partial charge in [-0.2, -0.15) is 0 Å². The number of anilines is 2. The van der Waals surface area contributed by atoms with Crippen LogP contribution in [0.1, 0.15) is 19.4 Å². The number of aromatic nitrogens is 3. The van der Waals surface area contributed by atoms with Crippen LogP contribution in [0.3, 0.4) is 0 Å². The van der Waals surface area contributed by atoms with Gasteiger partial charge in [-0.15, -0.1) is 0 Å². The Morgan fingerprint density at radius 2 is 2.00 bits per heavy atom. The monoisotopic (exact) mass is 281 g/mol. The Morgan fingerprint density at radius 3 is 2.71 bits per heavy atom. The smallest absolute Gasteiger partial charge is 0.180 e. The van der Waals surface area contributed by atoms with E-state index in [-0.39, 0.29) is 0 Å². The highest BCUT2D eigenvalue weighted by Crippen LogP contribution is 2.23. The van der Waals surface area contributed by atoms with E-state index < -0.39 is 0 Å². The predicted molar refractivity (Wildman–Crippen MR) is 85.2 cm³/mol. The van der Waals surface area contributed by atoms with Crippen molar-refractivity contribution in [3.8, 4) is 0 Å². The molecule has 0 saturated heterocycles. The van der Waals surface area contributed by atoms with Gasteiger partial charge in [-0.25, -0.2) is 9.97 Å². The maximum Gasteiger partial charge on any atom is 0.180 e. The first kappa shape index (κ1) is 13.4. The number of rotatable bonds is 4. The summed E-state index contributed by atoms with van der Waals surface area (Å²) in [5.41, 5.74) is 7.99. The molecule has 0 aliphatic heterocycles. The second-order valence-corrected chi connectivity index (χ2v) is 5.35. The second-order valence-electron chi connectivity index (χ2n) is 5.35. The molecule has 5 heteroatoms. The summed E-state index contributed by atoms with van der Waals surface area (Å²) < 4.78 is 1.91. The van der Waals surface area contributed by atoms with Crippen molar-refractivity contribution in [3.63, 3.8) is 0 Å². The molecular weight excluding hydrogens is 262 g/mol. The van der Waals surface area contributed by atoms with Gasteiger partial charge < -0.3 is 15.0 Å². The largest absolute Gasteiger partial charge is 0.382 e. The number of nitrogens with zero attached hydrogens (tertiary/aromatic N) is 4. The number of nitrogen functional groups attached to an aromatic ring is 1. The molecule has 0 radical (unpaired) electrons. The fourth-order valence-corrected chi connectivity index (χ4v) is 2.41. The maximum atomic E-state index is 5.93. The van der Waals surface area contributed by atoms with Crippen molar-refractivity contribution in [2.24, 2.45) is 0 Å². The van der Waals surface area contributed by atoms with E-state index in [1.165, 1.54) is 5.56 Å². The van der Waals surface area contributed by atoms with Crippen LogP contribution in [0.2, 0.25) is 0 Å². The molecular formula is C16H19N5. The van der Waals surface area contributed by atoms with Crippen LogP contribution >= 0.6 is 0 Å². The zero-order valence-corrected chi connectivity index (χ0v) is 12.3. The van der Waals surface area contributed by atoms with Crippen molar-refractivity contribution < 1.29 is 0 Å². The zero-order valence-electron chi connectivity index (χ0n) is 12.3. The van der Waals surface area contributed by atoms with Gasteiger partial charge in [0.1, 0.15) is 5.82 Å². The molecule has 2 heterocycles. The van der Waals surface area contributed by atoms with E-state index in [1.807, 2.05) is 28.8 Å². The maximum absolute atomic E-state index is 5.93. The SMILES string of the molecule is CC(C)N(Cc1ccccc1)c1nc(N)cn2ccnc12. The van der Waals surface area contributed by atoms with Gasteiger partial charge in [-0.05, 0) is 19.4 Å². The molecule has 0 spiro atoms. The highest BCUT2D eigenvalue weighted by atomic mass is 15.2. The van der Waals surface area contributed by atoms with Crippen LogP contribution in [0.5, 0.6) is 0 Å². The van der Waals surface area contributed by atoms with Crippen LogP contribution in [0.15, 0.2) is 48.9 Å². The lowest BCUT2D eigenvalue weighted by atomic mass is 10.2. The Hall–Kier alpha value is -2.56. The van der Waals surface area contributed by atoms with Gasteiger partial charge in [-0.3, -0.25) is 0 Å². The summed E-state index contributed by atoms with van der Waals surface area (Å²) in [6, 6.07) is 10.6. The minimum Gasteiger partial charge on any atom is -0.382 e. The molecule has 0 aliphatic rings. The van der Waals surface area contributed by atoms with E-state index in [4.69, 9.17) is 5.73 Å². The van der Waals surface area contributed by atoms with Crippen LogP contribution in [-0.4, -0.2) is 20.4 Å². The fourth-order valence-electron chi connectivity index (χ4n) is 2.41. The summed E-state index contributed by atoms with van der Waals surface area (Å²) in [6.07, 6.45) is 5.44. The summed E-state index contributed by atoms with van der Waals surface area (Å²) in [7, 11) is 0. The lowest BCUT2D eigenvalue weighted by Gasteiger charge is -2.28. The van der Waals surface area contributed by atoms with Crippen molar-refractivity contribution in [2.45, 2.75) is 26.4 Å². The third kappa shape index (κ3) is 2.67. The molecule has 2 aromatic heterocycles. The summed E-state index contributed by atoms with van der Waals surface area (Å²) in [4.78, 5) is 11.1. The average Bonchev–Trinajstić information content (AvgIpc) is 2.93. The molecule has 3 rings (SSSR count). The number of imidazole rings is 1. The normalized spacial score (nSPS) is 11.2. The van der Waals surface area contributed by atoms with Crippen molar-refractivity contribution in [1.82, 2.24) is 14.4 Å². The second kappa shape index (κ2) is 5.44. The van der Waals surface area contributed by atoms with Crippen LogP contribution < -0.4 is 10.6 Å². The van der Waals surface area contributed by atoms with Gasteiger partial charge in [0.05, 0.1) is 6.20 Å². The fraction of sp³-hybridized carbons (Fsp3) is 0.250. The first-order chi connectivity index (χ1) is 10.1. The predicted octanol–water partition coefficient (Wildman–Crippen LogP) is 2.73. The van der Waals surface area contributed by atoms with Crippen molar-refractivity contribution in [1.29, 1.82) is 0 Å². The number of hydrogen-bond acceptors (Lipinski definition) is 4. The molecule has 0 amide bonds. The molecule has 0 atom stereocenters. The molecule has 0 saturated carbocycles. The van der Waals surface area contributed by atoms with Crippen molar-refractivity contribution in [3.05, 3.63) is 54.5 Å². The van der Waals surface area contributed by atoms with Gasteiger partial charge in [-0.1, -0.05) is 30.3 Å². The Kier molecular flexibility index (Phi) is 3.48. The molecule has 3 aromatic rings. The summed E-state index contributed by atoms with van der Waals surface area (Å²) in [6.45, 7) is 5.07. The van der Waals surface area contributed by atoms with Crippen LogP contribution in [0, 0.1) is 0 Å². The highest BCUT2D eigenvalue weighted by Gasteiger charge is 2.17. The lowest BCUT2D eigenvalue weighted by molar-refractivity contribution is 0.673. The van der Waals surface area contributed by atoms with E-state index in [0.717, 1.165) is 18.0 Å². The third-order valence-corrected chi connectivity index (χ3v) is 3.47. The van der Waals surface area contributed by atoms with Gasteiger partial charge in [0, 0.05) is 25.0 Å². The molecule has 5 nitrogen and oxygen atoms in total. The highest BCUT2D eigenvalue weighted by molar-refractivity contribution is 5.66. The van der Waals surface area contributed by atoms with Crippen molar-refractivity contribution >= 4 is 17.3 Å². The first-order valence-electron chi connectivity index (χ1n) is 7.05. The topological polar surface area (TPSA) is 59.5 Å². The number of hydrogen-bond donors (Lipinski definition) is 1. The van der Waals surface area contributed by atoms with Crippen LogP contribution in [0.25, 0.3) is 5.65 Å². The van der Waals surface area contributed by atoms with E-state index in [9.17, 15) is 0 Å². The third-order valence-electron chi connectivity index (χ3n) is 3.47. The molecule has 0 aliphatic carbocycles. The number of nitrogens with two attached hydrogens (primary N) is 1. The van der Waals surface area contributed by atoms with Gasteiger partial charge in [0.15, 0.2) is 11.5 Å². The van der Waals surface area contributed by atoms with E-state index in [2.05, 4.69) is 40.8 Å². The molecule has 1 aromatic carbocycles. The molecule has 0 bridgehead atoms. The van der Waals surface area contributed by atoms with Gasteiger partial charge in [0.25, 0.3) is 0 Å². The molecule has 0 fully saturated rings. The zero-order chi connectivity index (χ0) is 14.8. The van der Waals surface area contributed by atoms with Gasteiger partial charge >= 0.3 is 0 Å². The van der Waals surface area contributed by atoms with E-state index >= 15 is 0 Å². The number of fused-ring (bicyclic) bond motifs is 1. The Bertz CT molecular complexity index is 733. The molecule has 2 N–H and O–H groups in total. The summed E-state index contributed by atoms with van der Waals surface area (Å²) in [5, 5.41) is 0. The summed E-state index contributed by atoms with van der Waals surface area (Å²) in [5.74, 6) is 1.31. The summed E-state index contributed by atoms with van der Waals surface area (Å²) >= 11 is 0. The van der Waals surface area contributed by atoms with Gasteiger partial charge in [0.2, 0.25) is 0 Å². The number of benzene rings is 1. The Balaban J connectivity index is 2.05. The minimum absolute atomic E-state index is 0.292. The first-order valence-corrected chi connectivity index (χ1v) is 7.05. The van der Waals surface area contributed by atoms with Crippen molar-refractivity contribution in [2.75, 3.05) is 10.6 Å². The average molecular weight is 281 g/mol. The molecule has 21 heavy (non-hydrogen) atoms. The van der Waals surface area contributed by atoms with Crippen LogP contribution in [0.4, 0.5) is 11.6 Å². The molecule has 0 unspecified atom stereocenters. The Morgan fingerprint density at radius 1 is 1.24 bits per heavy atom. The standard InChI is InChI=1S/C16H19N5/c1-12(2)21(10-13-6-4-3-5-7-13)16-15-18-8-9-20(15)11-14(17)19-16/h3-9,11-12H,10,17H2,1-2H3. The Labute approximate surface area is 124 Å². The molecule has 108 valence electrons. The van der Waals surface area contributed by atoms with E-state index in [1.54, 1.807) is 12.4 Å². The van der Waals surface area contributed by atoms with E-state index in [0.29, 0.717) is 11.9 Å².